The monoisotopic (exact) mass is 166 g/mol. The average molecular weight is 167 g/mol. The molecule has 0 saturated heterocycles. The first-order chi connectivity index (χ1) is 4.20. The maximum atomic E-state index is 12.1. The van der Waals surface area contributed by atoms with Crippen molar-refractivity contribution in [1.82, 2.24) is 9.97 Å². The highest BCUT2D eigenvalue weighted by Crippen LogP contribution is 2.10. The van der Waals surface area contributed by atoms with Gasteiger partial charge in [-0.2, -0.15) is 4.39 Å². The molecule has 0 N–H and O–H groups in total. The fraction of sp³-hybridized carbons (Fsp3) is 0. The van der Waals surface area contributed by atoms with Gasteiger partial charge < -0.3 is 0 Å². The molecule has 0 aromatic carbocycles. The van der Waals surface area contributed by atoms with E-state index < -0.39 is 5.95 Å². The molecule has 0 spiro atoms. The summed E-state index contributed by atoms with van der Waals surface area (Å²) in [5.41, 5.74) is 0. The summed E-state index contributed by atoms with van der Waals surface area (Å²) in [4.78, 5) is 6.55. The normalized spacial score (nSPS) is 9.67. The Morgan fingerprint density at radius 3 is 2.56 bits per heavy atom. The van der Waals surface area contributed by atoms with Crippen LogP contribution in [0.2, 0.25) is 10.3 Å². The quantitative estimate of drug-likeness (QED) is 0.589. The summed E-state index contributed by atoms with van der Waals surface area (Å²) in [6, 6.07) is 0. The van der Waals surface area contributed by atoms with E-state index in [0.717, 1.165) is 6.20 Å². The Balaban J connectivity index is 3.17. The van der Waals surface area contributed by atoms with Gasteiger partial charge in [0.15, 0.2) is 5.15 Å². The van der Waals surface area contributed by atoms with Crippen molar-refractivity contribution in [1.29, 1.82) is 0 Å². The van der Waals surface area contributed by atoms with Crippen molar-refractivity contribution in [3.63, 3.8) is 0 Å². The minimum atomic E-state index is -0.805. The molecule has 1 aromatic heterocycles. The largest absolute Gasteiger partial charge is 0.250 e. The van der Waals surface area contributed by atoms with Crippen LogP contribution in [-0.4, -0.2) is 9.97 Å². The van der Waals surface area contributed by atoms with Gasteiger partial charge in [-0.3, -0.25) is 0 Å². The number of aromatic nitrogens is 2. The molecule has 0 aliphatic rings. The van der Waals surface area contributed by atoms with E-state index in [1.807, 2.05) is 0 Å². The Labute approximate surface area is 60.6 Å². The van der Waals surface area contributed by atoms with Crippen LogP contribution in [0.15, 0.2) is 6.20 Å². The summed E-state index contributed by atoms with van der Waals surface area (Å²) in [5, 5.41) is -0.219. The third-order valence-corrected chi connectivity index (χ3v) is 1.08. The number of halogens is 3. The van der Waals surface area contributed by atoms with E-state index in [2.05, 4.69) is 9.97 Å². The second-order valence-electron chi connectivity index (χ2n) is 1.27. The van der Waals surface area contributed by atoms with Gasteiger partial charge in [0.2, 0.25) is 0 Å². The maximum Gasteiger partial charge on any atom is 0.250 e. The third kappa shape index (κ3) is 1.50. The van der Waals surface area contributed by atoms with Crippen molar-refractivity contribution >= 4 is 23.2 Å². The number of nitrogens with zero attached hydrogens (tertiary/aromatic N) is 2. The molecule has 0 saturated carbocycles. The predicted octanol–water partition coefficient (Wildman–Crippen LogP) is 1.92. The van der Waals surface area contributed by atoms with Crippen LogP contribution in [0.5, 0.6) is 0 Å². The van der Waals surface area contributed by atoms with Gasteiger partial charge in [0.1, 0.15) is 5.15 Å². The summed E-state index contributed by atoms with van der Waals surface area (Å²) in [5.74, 6) is -0.805. The lowest BCUT2D eigenvalue weighted by Gasteiger charge is -1.89. The minimum absolute atomic E-state index is 0.0846. The summed E-state index contributed by atoms with van der Waals surface area (Å²) >= 11 is 10.5. The molecule has 0 bridgehead atoms. The van der Waals surface area contributed by atoms with Crippen LogP contribution in [0.25, 0.3) is 0 Å². The molecular weight excluding hydrogens is 166 g/mol. The average Bonchev–Trinajstić information content (AvgIpc) is 1.80. The molecule has 1 heterocycles. The lowest BCUT2D eigenvalue weighted by Crippen LogP contribution is -1.86. The molecule has 0 unspecified atom stereocenters. The van der Waals surface area contributed by atoms with Gasteiger partial charge in [-0.05, 0) is 0 Å². The molecule has 1 aromatic rings. The first kappa shape index (κ1) is 6.71. The highest BCUT2D eigenvalue weighted by Gasteiger charge is 2.00. The van der Waals surface area contributed by atoms with Crippen LogP contribution in [-0.2, 0) is 0 Å². The summed E-state index contributed by atoms with van der Waals surface area (Å²) in [7, 11) is 0. The van der Waals surface area contributed by atoms with Gasteiger partial charge in [0.05, 0.1) is 6.20 Å². The standard InChI is InChI=1S/C4HCl2FN2/c5-2-1-8-4(7)3(6)9-2/h1H. The van der Waals surface area contributed by atoms with Crippen molar-refractivity contribution in [3.05, 3.63) is 22.5 Å². The lowest BCUT2D eigenvalue weighted by molar-refractivity contribution is 0.577. The van der Waals surface area contributed by atoms with E-state index in [0.29, 0.717) is 0 Å². The van der Waals surface area contributed by atoms with E-state index in [1.54, 1.807) is 0 Å². The van der Waals surface area contributed by atoms with Gasteiger partial charge in [0, 0.05) is 0 Å². The van der Waals surface area contributed by atoms with Crippen LogP contribution in [0.3, 0.4) is 0 Å². The third-order valence-electron chi connectivity index (χ3n) is 0.660. The molecule has 0 radical (unpaired) electrons. The van der Waals surface area contributed by atoms with Gasteiger partial charge >= 0.3 is 0 Å². The number of rotatable bonds is 0. The van der Waals surface area contributed by atoms with E-state index in [4.69, 9.17) is 23.2 Å². The molecule has 9 heavy (non-hydrogen) atoms. The molecule has 0 amide bonds. The SMILES string of the molecule is Fc1ncc(Cl)nc1Cl. The smallest absolute Gasteiger partial charge is 0.222 e. The zero-order valence-corrected chi connectivity index (χ0v) is 5.62. The van der Waals surface area contributed by atoms with E-state index in [-0.39, 0.29) is 10.3 Å². The lowest BCUT2D eigenvalue weighted by atomic mass is 10.7. The number of hydrogen-bond donors (Lipinski definition) is 0. The Hall–Kier alpha value is -0.410. The zero-order chi connectivity index (χ0) is 6.85. The Bertz CT molecular complexity index is 228. The summed E-state index contributed by atoms with van der Waals surface area (Å²) in [6.07, 6.45) is 1.09. The van der Waals surface area contributed by atoms with Crippen LogP contribution in [0.4, 0.5) is 4.39 Å². The molecule has 5 heteroatoms. The number of hydrogen-bond acceptors (Lipinski definition) is 2. The van der Waals surface area contributed by atoms with Gasteiger partial charge in [-0.15, -0.1) is 0 Å². The molecule has 48 valence electrons. The first-order valence-electron chi connectivity index (χ1n) is 2.03. The van der Waals surface area contributed by atoms with Crippen LogP contribution < -0.4 is 0 Å². The van der Waals surface area contributed by atoms with Crippen molar-refractivity contribution < 1.29 is 4.39 Å². The molecule has 1 rings (SSSR count). The molecule has 2 nitrogen and oxygen atoms in total. The van der Waals surface area contributed by atoms with Crippen molar-refractivity contribution in [2.45, 2.75) is 0 Å². The topological polar surface area (TPSA) is 25.8 Å². The Kier molecular flexibility index (Phi) is 1.83. The Morgan fingerprint density at radius 2 is 2.11 bits per heavy atom. The highest BCUT2D eigenvalue weighted by atomic mass is 35.5. The molecule has 0 fully saturated rings. The van der Waals surface area contributed by atoms with Gasteiger partial charge in [-0.1, -0.05) is 23.2 Å². The summed E-state index contributed by atoms with van der Waals surface area (Å²) in [6.45, 7) is 0. The van der Waals surface area contributed by atoms with Crippen molar-refractivity contribution in [2.75, 3.05) is 0 Å². The highest BCUT2D eigenvalue weighted by molar-refractivity contribution is 6.32. The molecular formula is C4HCl2FN2. The van der Waals surface area contributed by atoms with E-state index in [9.17, 15) is 4.39 Å². The van der Waals surface area contributed by atoms with Crippen molar-refractivity contribution in [2.24, 2.45) is 0 Å². The fourth-order valence-corrected chi connectivity index (χ4v) is 0.648. The van der Waals surface area contributed by atoms with Gasteiger partial charge in [0.25, 0.3) is 5.95 Å². The van der Waals surface area contributed by atoms with Crippen LogP contribution >= 0.6 is 23.2 Å². The van der Waals surface area contributed by atoms with E-state index in [1.165, 1.54) is 0 Å². The maximum absolute atomic E-state index is 12.1. The van der Waals surface area contributed by atoms with Crippen LogP contribution in [0.1, 0.15) is 0 Å². The summed E-state index contributed by atoms with van der Waals surface area (Å²) < 4.78 is 12.1. The molecule has 0 aliphatic carbocycles. The minimum Gasteiger partial charge on any atom is -0.222 e. The van der Waals surface area contributed by atoms with Gasteiger partial charge in [-0.25, -0.2) is 9.97 Å². The fourth-order valence-electron chi connectivity index (χ4n) is 0.332. The second-order valence-corrected chi connectivity index (χ2v) is 2.02. The Morgan fingerprint density at radius 1 is 1.44 bits per heavy atom. The van der Waals surface area contributed by atoms with Crippen LogP contribution in [0, 0.1) is 5.95 Å². The second kappa shape index (κ2) is 2.45. The zero-order valence-electron chi connectivity index (χ0n) is 4.11. The van der Waals surface area contributed by atoms with E-state index >= 15 is 0 Å². The first-order valence-corrected chi connectivity index (χ1v) is 2.79. The molecule has 0 atom stereocenters. The predicted molar refractivity (Wildman–Crippen MR) is 32.0 cm³/mol. The van der Waals surface area contributed by atoms with Crippen molar-refractivity contribution in [3.8, 4) is 0 Å². The molecule has 0 aliphatic heterocycles.